The molecule has 0 aliphatic heterocycles. The Morgan fingerprint density at radius 2 is 1.84 bits per heavy atom. The zero-order valence-corrected chi connectivity index (χ0v) is 12.8. The van der Waals surface area contributed by atoms with Crippen LogP contribution in [0.25, 0.3) is 0 Å². The highest BCUT2D eigenvalue weighted by atomic mass is 32.2. The van der Waals surface area contributed by atoms with Crippen LogP contribution in [0, 0.1) is 0 Å². The van der Waals surface area contributed by atoms with Crippen molar-refractivity contribution in [1.82, 2.24) is 5.32 Å². The van der Waals surface area contributed by atoms with Crippen LogP contribution in [-0.4, -0.2) is 30.0 Å². The zero-order chi connectivity index (χ0) is 14.1. The van der Waals surface area contributed by atoms with Gasteiger partial charge in [-0.25, -0.2) is 0 Å². The minimum Gasteiger partial charge on any atom is -0.376 e. The van der Waals surface area contributed by atoms with Crippen LogP contribution in [0.5, 0.6) is 0 Å². The number of nitrogens with one attached hydrogen (secondary N) is 2. The molecule has 0 atom stereocenters. The molecule has 19 heavy (non-hydrogen) atoms. The van der Waals surface area contributed by atoms with Crippen molar-refractivity contribution in [3.05, 3.63) is 30.3 Å². The molecule has 0 spiro atoms. The smallest absolute Gasteiger partial charge is 0.239 e. The third kappa shape index (κ3) is 5.15. The molecule has 0 unspecified atom stereocenters. The Labute approximate surface area is 120 Å². The maximum Gasteiger partial charge on any atom is 0.239 e. The van der Waals surface area contributed by atoms with Gasteiger partial charge in [0.05, 0.1) is 6.54 Å². The van der Waals surface area contributed by atoms with Crippen LogP contribution in [0.4, 0.5) is 5.69 Å². The van der Waals surface area contributed by atoms with Crippen molar-refractivity contribution in [2.75, 3.05) is 24.7 Å². The lowest BCUT2D eigenvalue weighted by Crippen LogP contribution is -2.41. The number of carbonyl (C=O) groups excluding carboxylic acids is 1. The van der Waals surface area contributed by atoms with E-state index in [1.807, 2.05) is 42.1 Å². The van der Waals surface area contributed by atoms with Crippen LogP contribution in [0.15, 0.2) is 30.3 Å². The van der Waals surface area contributed by atoms with E-state index >= 15 is 0 Å². The van der Waals surface area contributed by atoms with Gasteiger partial charge in [-0.1, -0.05) is 32.0 Å². The average Bonchev–Trinajstić information content (AvgIpc) is 2.48. The fourth-order valence-corrected chi connectivity index (χ4v) is 2.72. The Bertz CT molecular complexity index is 369. The van der Waals surface area contributed by atoms with Crippen molar-refractivity contribution in [2.24, 2.45) is 0 Å². The lowest BCUT2D eigenvalue weighted by Gasteiger charge is -2.29. The fraction of sp³-hybridized carbons (Fsp3) is 0.533. The lowest BCUT2D eigenvalue weighted by molar-refractivity contribution is -0.119. The maximum atomic E-state index is 11.8. The Morgan fingerprint density at radius 1 is 1.21 bits per heavy atom. The summed E-state index contributed by atoms with van der Waals surface area (Å²) in [4.78, 5) is 11.8. The van der Waals surface area contributed by atoms with Crippen LogP contribution >= 0.6 is 11.8 Å². The molecule has 0 saturated carbocycles. The number of amides is 1. The van der Waals surface area contributed by atoms with E-state index in [-0.39, 0.29) is 10.7 Å². The van der Waals surface area contributed by atoms with E-state index in [9.17, 15) is 4.79 Å². The molecular formula is C15H24N2OS. The van der Waals surface area contributed by atoms with E-state index in [4.69, 9.17) is 0 Å². The Hall–Kier alpha value is -1.16. The van der Waals surface area contributed by atoms with E-state index in [0.29, 0.717) is 6.54 Å². The summed E-state index contributed by atoms with van der Waals surface area (Å²) in [5, 5.41) is 6.14. The molecule has 1 amide bonds. The van der Waals surface area contributed by atoms with Gasteiger partial charge >= 0.3 is 0 Å². The third-order valence-corrected chi connectivity index (χ3v) is 5.14. The van der Waals surface area contributed by atoms with Gasteiger partial charge in [-0.15, -0.1) is 0 Å². The number of hydrogen-bond acceptors (Lipinski definition) is 3. The Balaban J connectivity index is 2.35. The second-order valence-electron chi connectivity index (χ2n) is 4.59. The first kappa shape index (κ1) is 15.9. The highest BCUT2D eigenvalue weighted by Crippen LogP contribution is 2.29. The molecular weight excluding hydrogens is 256 g/mol. The van der Waals surface area contributed by atoms with Crippen molar-refractivity contribution < 1.29 is 4.79 Å². The summed E-state index contributed by atoms with van der Waals surface area (Å²) in [7, 11) is 0. The summed E-state index contributed by atoms with van der Waals surface area (Å²) in [5.74, 6) is 0.0455. The maximum absolute atomic E-state index is 11.8. The van der Waals surface area contributed by atoms with Crippen molar-refractivity contribution in [3.63, 3.8) is 0 Å². The van der Waals surface area contributed by atoms with Crippen molar-refractivity contribution >= 4 is 23.4 Å². The SMILES string of the molecule is CCC(CC)(CNC(=O)CNc1ccccc1)SC. The van der Waals surface area contributed by atoms with Crippen LogP contribution < -0.4 is 10.6 Å². The van der Waals surface area contributed by atoms with Crippen LogP contribution in [0.1, 0.15) is 26.7 Å². The molecule has 106 valence electrons. The molecule has 0 aliphatic carbocycles. The van der Waals surface area contributed by atoms with Gasteiger partial charge in [0.1, 0.15) is 0 Å². The van der Waals surface area contributed by atoms with Gasteiger partial charge in [0.2, 0.25) is 5.91 Å². The molecule has 1 rings (SSSR count). The minimum atomic E-state index is 0.0455. The highest BCUT2D eigenvalue weighted by molar-refractivity contribution is 8.00. The molecule has 0 aromatic heterocycles. The van der Waals surface area contributed by atoms with E-state index < -0.39 is 0 Å². The summed E-state index contributed by atoms with van der Waals surface area (Å²) < 4.78 is 0.169. The number of carbonyl (C=O) groups is 1. The normalized spacial score (nSPS) is 11.1. The molecule has 1 aromatic rings. The summed E-state index contributed by atoms with van der Waals surface area (Å²) in [5.41, 5.74) is 0.972. The summed E-state index contributed by atoms with van der Waals surface area (Å²) >= 11 is 1.84. The van der Waals surface area contributed by atoms with Crippen molar-refractivity contribution in [1.29, 1.82) is 0 Å². The Morgan fingerprint density at radius 3 is 2.37 bits per heavy atom. The predicted molar refractivity (Wildman–Crippen MR) is 84.8 cm³/mol. The number of rotatable bonds is 8. The number of benzene rings is 1. The first-order valence-electron chi connectivity index (χ1n) is 6.76. The molecule has 4 heteroatoms. The molecule has 1 aromatic carbocycles. The summed E-state index contributed by atoms with van der Waals surface area (Å²) in [6.07, 6.45) is 4.25. The van der Waals surface area contributed by atoms with Gasteiger partial charge in [0, 0.05) is 17.0 Å². The summed E-state index contributed by atoms with van der Waals surface area (Å²) in [6, 6.07) is 9.77. The van der Waals surface area contributed by atoms with Crippen LogP contribution in [-0.2, 0) is 4.79 Å². The van der Waals surface area contributed by atoms with E-state index in [1.54, 1.807) is 0 Å². The second-order valence-corrected chi connectivity index (χ2v) is 5.86. The topological polar surface area (TPSA) is 41.1 Å². The molecule has 0 bridgehead atoms. The molecule has 0 fully saturated rings. The van der Waals surface area contributed by atoms with E-state index in [1.165, 1.54) is 0 Å². The first-order chi connectivity index (χ1) is 9.15. The largest absolute Gasteiger partial charge is 0.376 e. The molecule has 0 aliphatic rings. The van der Waals surface area contributed by atoms with E-state index in [2.05, 4.69) is 30.7 Å². The van der Waals surface area contributed by atoms with Crippen LogP contribution in [0.2, 0.25) is 0 Å². The fourth-order valence-electron chi connectivity index (χ4n) is 1.92. The molecule has 0 radical (unpaired) electrons. The lowest BCUT2D eigenvalue weighted by atomic mass is 10.0. The quantitative estimate of drug-likeness (QED) is 0.768. The van der Waals surface area contributed by atoms with Crippen LogP contribution in [0.3, 0.4) is 0 Å². The minimum absolute atomic E-state index is 0.0455. The van der Waals surface area contributed by atoms with Gasteiger partial charge in [0.25, 0.3) is 0 Å². The zero-order valence-electron chi connectivity index (χ0n) is 12.0. The second kappa shape index (κ2) is 8.10. The van der Waals surface area contributed by atoms with Gasteiger partial charge in [-0.2, -0.15) is 11.8 Å². The molecule has 3 nitrogen and oxygen atoms in total. The first-order valence-corrected chi connectivity index (χ1v) is 7.99. The number of para-hydroxylation sites is 1. The van der Waals surface area contributed by atoms with E-state index in [0.717, 1.165) is 25.1 Å². The molecule has 0 heterocycles. The number of thioether (sulfide) groups is 1. The van der Waals surface area contributed by atoms with Crippen molar-refractivity contribution in [2.45, 2.75) is 31.4 Å². The Kier molecular flexibility index (Phi) is 6.78. The predicted octanol–water partition coefficient (Wildman–Crippen LogP) is 3.14. The standard InChI is InChI=1S/C15H24N2OS/c1-4-15(5-2,19-3)12-17-14(18)11-16-13-9-7-6-8-10-13/h6-10,16H,4-5,11-12H2,1-3H3,(H,17,18). The third-order valence-electron chi connectivity index (χ3n) is 3.56. The van der Waals surface area contributed by atoms with Gasteiger partial charge in [-0.05, 0) is 31.2 Å². The summed E-state index contributed by atoms with van der Waals surface area (Å²) in [6.45, 7) is 5.40. The van der Waals surface area contributed by atoms with Gasteiger partial charge < -0.3 is 10.6 Å². The molecule has 2 N–H and O–H groups in total. The average molecular weight is 280 g/mol. The monoisotopic (exact) mass is 280 g/mol. The number of anilines is 1. The highest BCUT2D eigenvalue weighted by Gasteiger charge is 2.25. The number of hydrogen-bond donors (Lipinski definition) is 2. The van der Waals surface area contributed by atoms with Gasteiger partial charge in [0.15, 0.2) is 0 Å². The van der Waals surface area contributed by atoms with Crippen molar-refractivity contribution in [3.8, 4) is 0 Å². The molecule has 0 saturated heterocycles. The van der Waals surface area contributed by atoms with Gasteiger partial charge in [-0.3, -0.25) is 4.79 Å².